The number of carboxylic acid groups (broad SMARTS) is 1. The third-order valence-corrected chi connectivity index (χ3v) is 4.75. The second-order valence-corrected chi connectivity index (χ2v) is 6.40. The van der Waals surface area contributed by atoms with E-state index in [0.29, 0.717) is 51.2 Å². The first kappa shape index (κ1) is 16.6. The zero-order valence-electron chi connectivity index (χ0n) is 13.6. The van der Waals surface area contributed by atoms with E-state index in [2.05, 4.69) is 5.32 Å². The second-order valence-electron chi connectivity index (χ2n) is 6.40. The fraction of sp³-hybridized carbons (Fsp3) is 0.556. The van der Waals surface area contributed by atoms with E-state index >= 15 is 0 Å². The van der Waals surface area contributed by atoms with E-state index in [9.17, 15) is 9.59 Å². The lowest BCUT2D eigenvalue weighted by Gasteiger charge is -2.25. The number of nitrogens with one attached hydrogen (secondary N) is 1. The largest absolute Gasteiger partial charge is 0.490 e. The van der Waals surface area contributed by atoms with Gasteiger partial charge in [-0.1, -0.05) is 12.1 Å². The molecule has 1 aliphatic heterocycles. The maximum atomic E-state index is 12.4. The van der Waals surface area contributed by atoms with Gasteiger partial charge in [-0.05, 0) is 31.7 Å². The van der Waals surface area contributed by atoms with Gasteiger partial charge in [0.25, 0.3) is 0 Å². The Labute approximate surface area is 141 Å². The predicted molar refractivity (Wildman–Crippen MR) is 87.0 cm³/mol. The molecule has 1 heterocycles. The van der Waals surface area contributed by atoms with E-state index in [1.807, 2.05) is 18.2 Å². The average molecular weight is 333 g/mol. The van der Waals surface area contributed by atoms with Crippen molar-refractivity contribution in [2.24, 2.45) is 11.8 Å². The van der Waals surface area contributed by atoms with Crippen molar-refractivity contribution >= 4 is 11.9 Å². The van der Waals surface area contributed by atoms with Crippen LogP contribution in [0.2, 0.25) is 0 Å². The molecule has 1 aromatic rings. The van der Waals surface area contributed by atoms with Gasteiger partial charge in [-0.2, -0.15) is 0 Å². The van der Waals surface area contributed by atoms with Gasteiger partial charge >= 0.3 is 5.97 Å². The molecule has 1 fully saturated rings. The quantitative estimate of drug-likeness (QED) is 0.883. The van der Waals surface area contributed by atoms with Gasteiger partial charge in [0, 0.05) is 24.4 Å². The SMILES string of the molecule is O=C(O)C1CCC(C(=O)NCc2cccc3c2OCCCO3)CC1. The van der Waals surface area contributed by atoms with Gasteiger partial charge in [-0.3, -0.25) is 9.59 Å². The van der Waals surface area contributed by atoms with Crippen LogP contribution < -0.4 is 14.8 Å². The van der Waals surface area contributed by atoms with E-state index < -0.39 is 5.97 Å². The van der Waals surface area contributed by atoms with Crippen LogP contribution in [0.25, 0.3) is 0 Å². The Kier molecular flexibility index (Phi) is 5.23. The average Bonchev–Trinajstić information content (AvgIpc) is 2.85. The van der Waals surface area contributed by atoms with Gasteiger partial charge in [-0.15, -0.1) is 0 Å². The van der Waals surface area contributed by atoms with Crippen molar-refractivity contribution in [1.29, 1.82) is 0 Å². The molecule has 0 saturated heterocycles. The molecule has 1 aromatic carbocycles. The molecule has 1 aliphatic carbocycles. The lowest BCUT2D eigenvalue weighted by molar-refractivity contribution is -0.144. The molecule has 0 radical (unpaired) electrons. The highest BCUT2D eigenvalue weighted by Crippen LogP contribution is 2.33. The molecule has 6 heteroatoms. The smallest absolute Gasteiger partial charge is 0.306 e. The van der Waals surface area contributed by atoms with Crippen molar-refractivity contribution < 1.29 is 24.2 Å². The lowest BCUT2D eigenvalue weighted by Crippen LogP contribution is -2.34. The number of carbonyl (C=O) groups excluding carboxylic acids is 1. The highest BCUT2D eigenvalue weighted by atomic mass is 16.5. The first-order valence-electron chi connectivity index (χ1n) is 8.53. The molecule has 0 spiro atoms. The number of amides is 1. The molecule has 1 amide bonds. The summed E-state index contributed by atoms with van der Waals surface area (Å²) in [5, 5.41) is 12.0. The first-order chi connectivity index (χ1) is 11.6. The summed E-state index contributed by atoms with van der Waals surface area (Å²) in [7, 11) is 0. The minimum Gasteiger partial charge on any atom is -0.490 e. The Hall–Kier alpha value is -2.24. The Morgan fingerprint density at radius 2 is 1.79 bits per heavy atom. The topological polar surface area (TPSA) is 84.9 Å². The van der Waals surface area contributed by atoms with Gasteiger partial charge in [0.1, 0.15) is 0 Å². The Bertz CT molecular complexity index is 607. The number of benzene rings is 1. The van der Waals surface area contributed by atoms with E-state index in [-0.39, 0.29) is 17.7 Å². The lowest BCUT2D eigenvalue weighted by atomic mass is 9.81. The van der Waals surface area contributed by atoms with Crippen molar-refractivity contribution in [2.75, 3.05) is 13.2 Å². The van der Waals surface area contributed by atoms with E-state index in [1.165, 1.54) is 0 Å². The minimum absolute atomic E-state index is 0.00835. The molecule has 2 N–H and O–H groups in total. The summed E-state index contributed by atoms with van der Waals surface area (Å²) in [5.74, 6) is 0.277. The zero-order chi connectivity index (χ0) is 16.9. The Morgan fingerprint density at radius 1 is 1.08 bits per heavy atom. The Balaban J connectivity index is 1.56. The number of rotatable bonds is 4. The van der Waals surface area contributed by atoms with E-state index in [1.54, 1.807) is 0 Å². The highest BCUT2D eigenvalue weighted by molar-refractivity contribution is 5.79. The summed E-state index contributed by atoms with van der Waals surface area (Å²) in [6.45, 7) is 1.64. The molecule has 0 bridgehead atoms. The number of ether oxygens (including phenoxy) is 2. The van der Waals surface area contributed by atoms with Gasteiger partial charge in [0.05, 0.1) is 19.1 Å². The van der Waals surface area contributed by atoms with E-state index in [4.69, 9.17) is 14.6 Å². The molecule has 24 heavy (non-hydrogen) atoms. The van der Waals surface area contributed by atoms with Gasteiger partial charge in [0.15, 0.2) is 11.5 Å². The molecular weight excluding hydrogens is 310 g/mol. The fourth-order valence-corrected chi connectivity index (χ4v) is 3.32. The van der Waals surface area contributed by atoms with Crippen LogP contribution in [-0.4, -0.2) is 30.2 Å². The maximum absolute atomic E-state index is 12.4. The molecule has 130 valence electrons. The molecule has 0 unspecified atom stereocenters. The summed E-state index contributed by atoms with van der Waals surface area (Å²) >= 11 is 0. The molecule has 0 atom stereocenters. The van der Waals surface area contributed by atoms with Crippen LogP contribution in [0.5, 0.6) is 11.5 Å². The monoisotopic (exact) mass is 333 g/mol. The zero-order valence-corrected chi connectivity index (χ0v) is 13.6. The van der Waals surface area contributed by atoms with Crippen molar-refractivity contribution in [3.05, 3.63) is 23.8 Å². The number of fused-ring (bicyclic) bond motifs is 1. The van der Waals surface area contributed by atoms with Crippen molar-refractivity contribution in [3.8, 4) is 11.5 Å². The fourth-order valence-electron chi connectivity index (χ4n) is 3.32. The summed E-state index contributed by atoms with van der Waals surface area (Å²) in [6.07, 6.45) is 3.26. The van der Waals surface area contributed by atoms with Gasteiger partial charge in [0.2, 0.25) is 5.91 Å². The highest BCUT2D eigenvalue weighted by Gasteiger charge is 2.29. The third kappa shape index (κ3) is 3.80. The molecule has 3 rings (SSSR count). The summed E-state index contributed by atoms with van der Waals surface area (Å²) in [5.41, 5.74) is 0.905. The van der Waals surface area contributed by atoms with Crippen molar-refractivity contribution in [3.63, 3.8) is 0 Å². The number of carbonyl (C=O) groups is 2. The number of carboxylic acids is 1. The molecule has 6 nitrogen and oxygen atoms in total. The normalized spacial score (nSPS) is 23.2. The van der Waals surface area contributed by atoms with Crippen LogP contribution in [0.1, 0.15) is 37.7 Å². The Morgan fingerprint density at radius 3 is 2.54 bits per heavy atom. The van der Waals surface area contributed by atoms with Crippen LogP contribution in [-0.2, 0) is 16.1 Å². The van der Waals surface area contributed by atoms with Crippen LogP contribution in [0, 0.1) is 11.8 Å². The first-order valence-corrected chi connectivity index (χ1v) is 8.53. The number of hydrogen-bond acceptors (Lipinski definition) is 4. The maximum Gasteiger partial charge on any atom is 0.306 e. The summed E-state index contributed by atoms with van der Waals surface area (Å²) in [4.78, 5) is 23.3. The number of hydrogen-bond donors (Lipinski definition) is 2. The molecular formula is C18H23NO5. The predicted octanol–water partition coefficient (Wildman–Crippen LogP) is 2.36. The van der Waals surface area contributed by atoms with Crippen LogP contribution >= 0.6 is 0 Å². The standard InChI is InChI=1S/C18H23NO5/c20-17(12-5-7-13(8-6-12)18(21)22)19-11-14-3-1-4-15-16(14)24-10-2-9-23-15/h1,3-4,12-13H,2,5-11H2,(H,19,20)(H,21,22). The van der Waals surface area contributed by atoms with Gasteiger partial charge < -0.3 is 19.9 Å². The van der Waals surface area contributed by atoms with Crippen LogP contribution in [0.4, 0.5) is 0 Å². The van der Waals surface area contributed by atoms with Crippen LogP contribution in [0.15, 0.2) is 18.2 Å². The molecule has 1 saturated carbocycles. The molecule has 0 aromatic heterocycles. The van der Waals surface area contributed by atoms with Crippen molar-refractivity contribution in [2.45, 2.75) is 38.6 Å². The number of para-hydroxylation sites is 1. The second kappa shape index (κ2) is 7.55. The number of aliphatic carboxylic acids is 1. The van der Waals surface area contributed by atoms with Crippen molar-refractivity contribution in [1.82, 2.24) is 5.32 Å². The minimum atomic E-state index is -0.752. The van der Waals surface area contributed by atoms with E-state index in [0.717, 1.165) is 17.7 Å². The molecule has 2 aliphatic rings. The van der Waals surface area contributed by atoms with Gasteiger partial charge in [-0.25, -0.2) is 0 Å². The summed E-state index contributed by atoms with van der Waals surface area (Å²) < 4.78 is 11.4. The summed E-state index contributed by atoms with van der Waals surface area (Å²) in [6, 6.07) is 5.70. The van der Waals surface area contributed by atoms with Crippen LogP contribution in [0.3, 0.4) is 0 Å². The third-order valence-electron chi connectivity index (χ3n) is 4.75.